The Labute approximate surface area is 118 Å². The topological polar surface area (TPSA) is 85.8 Å². The third-order valence-electron chi connectivity index (χ3n) is 3.09. The van der Waals surface area contributed by atoms with E-state index in [-0.39, 0.29) is 5.91 Å². The molecule has 106 valence electrons. The molecule has 20 heavy (non-hydrogen) atoms. The molecule has 0 aliphatic carbocycles. The number of benzene rings is 1. The minimum absolute atomic E-state index is 0.131. The predicted octanol–water partition coefficient (Wildman–Crippen LogP) is 1.04. The highest BCUT2D eigenvalue weighted by Crippen LogP contribution is 2.15. The predicted molar refractivity (Wildman–Crippen MR) is 76.7 cm³/mol. The second-order valence-corrected chi connectivity index (χ2v) is 5.38. The molecule has 1 amide bonds. The summed E-state index contributed by atoms with van der Waals surface area (Å²) in [6.45, 7) is 6.10. The van der Waals surface area contributed by atoms with Gasteiger partial charge in [-0.1, -0.05) is 0 Å². The lowest BCUT2D eigenvalue weighted by Crippen LogP contribution is -2.48. The zero-order chi connectivity index (χ0) is 14.8. The van der Waals surface area contributed by atoms with Crippen LogP contribution < -0.4 is 11.1 Å². The molecule has 2 aromatic rings. The van der Waals surface area contributed by atoms with Crippen molar-refractivity contribution in [2.75, 3.05) is 6.54 Å². The Morgan fingerprint density at radius 3 is 2.75 bits per heavy atom. The lowest BCUT2D eigenvalue weighted by molar-refractivity contribution is 0.0915. The maximum absolute atomic E-state index is 12.2. The summed E-state index contributed by atoms with van der Waals surface area (Å²) in [5.74, 6) is -0.131. The van der Waals surface area contributed by atoms with Crippen LogP contribution in [0.3, 0.4) is 0 Å². The maximum Gasteiger partial charge on any atom is 0.251 e. The molecule has 0 bridgehead atoms. The van der Waals surface area contributed by atoms with Crippen LogP contribution in [0.5, 0.6) is 0 Å². The molecular weight excluding hydrogens is 254 g/mol. The molecular formula is C14H19N5O. The molecule has 1 heterocycles. The van der Waals surface area contributed by atoms with Crippen LogP contribution >= 0.6 is 0 Å². The Balaban J connectivity index is 2.23. The van der Waals surface area contributed by atoms with Gasteiger partial charge < -0.3 is 11.1 Å². The average molecular weight is 273 g/mol. The van der Waals surface area contributed by atoms with E-state index in [1.165, 1.54) is 6.33 Å². The number of amides is 1. The Morgan fingerprint density at radius 1 is 1.45 bits per heavy atom. The lowest BCUT2D eigenvalue weighted by Gasteiger charge is -2.24. The minimum Gasteiger partial charge on any atom is -0.346 e. The zero-order valence-corrected chi connectivity index (χ0v) is 11.9. The van der Waals surface area contributed by atoms with Crippen molar-refractivity contribution in [1.82, 2.24) is 20.1 Å². The van der Waals surface area contributed by atoms with Crippen LogP contribution in [0.15, 0.2) is 30.9 Å². The fraction of sp³-hybridized carbons (Fsp3) is 0.357. The van der Waals surface area contributed by atoms with Crippen molar-refractivity contribution in [2.45, 2.75) is 26.3 Å². The first-order valence-electron chi connectivity index (χ1n) is 6.41. The van der Waals surface area contributed by atoms with Crippen molar-refractivity contribution < 1.29 is 4.79 Å². The largest absolute Gasteiger partial charge is 0.346 e. The standard InChI is InChI=1S/C14H19N5O/c1-10-6-11(13(20)18-14(2,3)7-15)4-5-12(10)19-9-16-8-17-19/h4-6,8-9H,7,15H2,1-3H3,(H,18,20). The minimum atomic E-state index is -0.421. The van der Waals surface area contributed by atoms with E-state index >= 15 is 0 Å². The van der Waals surface area contributed by atoms with Crippen molar-refractivity contribution in [1.29, 1.82) is 0 Å². The quantitative estimate of drug-likeness (QED) is 0.871. The summed E-state index contributed by atoms with van der Waals surface area (Å²) in [5.41, 5.74) is 7.65. The zero-order valence-electron chi connectivity index (χ0n) is 11.9. The van der Waals surface area contributed by atoms with E-state index in [0.29, 0.717) is 12.1 Å². The molecule has 0 saturated carbocycles. The number of carbonyl (C=O) groups excluding carboxylic acids is 1. The van der Waals surface area contributed by atoms with Gasteiger partial charge in [0.1, 0.15) is 12.7 Å². The molecule has 2 rings (SSSR count). The van der Waals surface area contributed by atoms with Gasteiger partial charge in [-0.15, -0.1) is 0 Å². The molecule has 3 N–H and O–H groups in total. The summed E-state index contributed by atoms with van der Waals surface area (Å²) >= 11 is 0. The summed E-state index contributed by atoms with van der Waals surface area (Å²) in [5, 5.41) is 6.99. The van der Waals surface area contributed by atoms with Gasteiger partial charge in [0, 0.05) is 17.6 Å². The summed E-state index contributed by atoms with van der Waals surface area (Å²) in [6.07, 6.45) is 3.10. The molecule has 0 atom stereocenters. The van der Waals surface area contributed by atoms with E-state index in [0.717, 1.165) is 11.3 Å². The maximum atomic E-state index is 12.2. The summed E-state index contributed by atoms with van der Waals surface area (Å²) < 4.78 is 1.67. The average Bonchev–Trinajstić information content (AvgIpc) is 2.92. The first kappa shape index (κ1) is 14.2. The molecule has 1 aromatic carbocycles. The van der Waals surface area contributed by atoms with Gasteiger partial charge in [0.15, 0.2) is 0 Å². The molecule has 6 heteroatoms. The van der Waals surface area contributed by atoms with Crippen molar-refractivity contribution >= 4 is 5.91 Å². The van der Waals surface area contributed by atoms with E-state index in [1.807, 2.05) is 32.9 Å². The summed E-state index contributed by atoms with van der Waals surface area (Å²) in [6, 6.07) is 5.46. The third-order valence-corrected chi connectivity index (χ3v) is 3.09. The fourth-order valence-electron chi connectivity index (χ4n) is 1.82. The highest BCUT2D eigenvalue weighted by Gasteiger charge is 2.19. The molecule has 1 aromatic heterocycles. The molecule has 6 nitrogen and oxygen atoms in total. The van der Waals surface area contributed by atoms with Gasteiger partial charge in [0.2, 0.25) is 0 Å². The van der Waals surface area contributed by atoms with E-state index in [4.69, 9.17) is 5.73 Å². The van der Waals surface area contributed by atoms with Gasteiger partial charge >= 0.3 is 0 Å². The smallest absolute Gasteiger partial charge is 0.251 e. The number of carbonyl (C=O) groups is 1. The number of hydrogen-bond acceptors (Lipinski definition) is 4. The van der Waals surface area contributed by atoms with Crippen LogP contribution in [0.1, 0.15) is 29.8 Å². The SMILES string of the molecule is Cc1cc(C(=O)NC(C)(C)CN)ccc1-n1cncn1. The number of aromatic nitrogens is 3. The number of nitrogens with two attached hydrogens (primary N) is 1. The van der Waals surface area contributed by atoms with Gasteiger partial charge in [-0.05, 0) is 44.5 Å². The van der Waals surface area contributed by atoms with Crippen LogP contribution in [0.4, 0.5) is 0 Å². The molecule has 0 fully saturated rings. The summed E-state index contributed by atoms with van der Waals surface area (Å²) in [4.78, 5) is 16.1. The highest BCUT2D eigenvalue weighted by molar-refractivity contribution is 5.95. The number of hydrogen-bond donors (Lipinski definition) is 2. The van der Waals surface area contributed by atoms with Gasteiger partial charge in [0.25, 0.3) is 5.91 Å². The van der Waals surface area contributed by atoms with E-state index in [9.17, 15) is 4.79 Å². The molecule has 0 aliphatic rings. The Hall–Kier alpha value is -2.21. The Kier molecular flexibility index (Phi) is 3.85. The normalized spacial score (nSPS) is 11.4. The molecule has 0 unspecified atom stereocenters. The van der Waals surface area contributed by atoms with Gasteiger partial charge in [0.05, 0.1) is 5.69 Å². The first-order chi connectivity index (χ1) is 9.43. The van der Waals surface area contributed by atoms with Crippen molar-refractivity contribution in [2.24, 2.45) is 5.73 Å². The Bertz CT molecular complexity index is 604. The van der Waals surface area contributed by atoms with Crippen LogP contribution in [0.25, 0.3) is 5.69 Å². The van der Waals surface area contributed by atoms with E-state index < -0.39 is 5.54 Å². The lowest BCUT2D eigenvalue weighted by atomic mass is 10.0. The van der Waals surface area contributed by atoms with E-state index in [1.54, 1.807) is 17.1 Å². The van der Waals surface area contributed by atoms with Gasteiger partial charge in [-0.25, -0.2) is 9.67 Å². The van der Waals surface area contributed by atoms with E-state index in [2.05, 4.69) is 15.4 Å². The van der Waals surface area contributed by atoms with Crippen LogP contribution in [0, 0.1) is 6.92 Å². The molecule has 0 aliphatic heterocycles. The number of aryl methyl sites for hydroxylation is 1. The van der Waals surface area contributed by atoms with Crippen LogP contribution in [-0.2, 0) is 0 Å². The summed E-state index contributed by atoms with van der Waals surface area (Å²) in [7, 11) is 0. The fourth-order valence-corrected chi connectivity index (χ4v) is 1.82. The third kappa shape index (κ3) is 3.03. The number of nitrogens with zero attached hydrogens (tertiary/aromatic N) is 3. The highest BCUT2D eigenvalue weighted by atomic mass is 16.1. The Morgan fingerprint density at radius 2 is 2.20 bits per heavy atom. The second kappa shape index (κ2) is 5.42. The first-order valence-corrected chi connectivity index (χ1v) is 6.41. The number of nitrogens with one attached hydrogen (secondary N) is 1. The molecule has 0 radical (unpaired) electrons. The van der Waals surface area contributed by atoms with Crippen LogP contribution in [0.2, 0.25) is 0 Å². The van der Waals surface area contributed by atoms with Gasteiger partial charge in [-0.2, -0.15) is 5.10 Å². The second-order valence-electron chi connectivity index (χ2n) is 5.38. The van der Waals surface area contributed by atoms with Crippen molar-refractivity contribution in [3.05, 3.63) is 42.0 Å². The van der Waals surface area contributed by atoms with Crippen LogP contribution in [-0.4, -0.2) is 32.8 Å². The van der Waals surface area contributed by atoms with Crippen molar-refractivity contribution in [3.8, 4) is 5.69 Å². The molecule has 0 saturated heterocycles. The number of rotatable bonds is 4. The monoisotopic (exact) mass is 273 g/mol. The van der Waals surface area contributed by atoms with Gasteiger partial charge in [-0.3, -0.25) is 4.79 Å². The molecule has 0 spiro atoms. The van der Waals surface area contributed by atoms with Crippen molar-refractivity contribution in [3.63, 3.8) is 0 Å².